The number of rotatable bonds is 4. The molecule has 1 heterocycles. The number of nitrogens with one attached hydrogen (secondary N) is 1. The Balaban J connectivity index is 1.90. The molecule has 1 saturated carbocycles. The maximum atomic E-state index is 5.75. The van der Waals surface area contributed by atoms with Crippen LogP contribution in [-0.4, -0.2) is 6.54 Å². The summed E-state index contributed by atoms with van der Waals surface area (Å²) < 4.78 is 5.75. The van der Waals surface area contributed by atoms with E-state index in [9.17, 15) is 0 Å². The Morgan fingerprint density at radius 2 is 1.95 bits per heavy atom. The van der Waals surface area contributed by atoms with Crippen LogP contribution >= 0.6 is 0 Å². The van der Waals surface area contributed by atoms with Gasteiger partial charge in [0.15, 0.2) is 0 Å². The minimum Gasteiger partial charge on any atom is -0.464 e. The molecule has 0 bridgehead atoms. The van der Waals surface area contributed by atoms with Crippen LogP contribution in [0.4, 0.5) is 0 Å². The van der Waals surface area contributed by atoms with Crippen LogP contribution in [0.25, 0.3) is 11.0 Å². The predicted molar refractivity (Wildman–Crippen MR) is 83.8 cm³/mol. The van der Waals surface area contributed by atoms with E-state index in [0.717, 1.165) is 24.0 Å². The fraction of sp³-hybridized carbons (Fsp3) is 0.556. The van der Waals surface area contributed by atoms with E-state index < -0.39 is 0 Å². The quantitative estimate of drug-likeness (QED) is 0.854. The molecule has 2 heteroatoms. The lowest BCUT2D eigenvalue weighted by molar-refractivity contribution is 0.233. The third-order valence-corrected chi connectivity index (χ3v) is 4.80. The fourth-order valence-electron chi connectivity index (χ4n) is 3.61. The number of para-hydroxylation sites is 1. The van der Waals surface area contributed by atoms with Gasteiger partial charge >= 0.3 is 0 Å². The lowest BCUT2D eigenvalue weighted by atomic mass is 9.77. The maximum absolute atomic E-state index is 5.75. The van der Waals surface area contributed by atoms with Crippen molar-refractivity contribution >= 4 is 11.0 Å². The average Bonchev–Trinajstić information content (AvgIpc) is 2.90. The summed E-state index contributed by atoms with van der Waals surface area (Å²) in [7, 11) is 0. The van der Waals surface area contributed by atoms with Gasteiger partial charge in [-0.3, -0.25) is 0 Å². The van der Waals surface area contributed by atoms with E-state index in [-0.39, 0.29) is 0 Å². The summed E-state index contributed by atoms with van der Waals surface area (Å²) in [4.78, 5) is 0. The zero-order valence-electron chi connectivity index (χ0n) is 12.6. The molecule has 1 N–H and O–H groups in total. The van der Waals surface area contributed by atoms with Crippen LogP contribution in [0.15, 0.2) is 34.9 Å². The predicted octanol–water partition coefficient (Wildman–Crippen LogP) is 4.91. The molecule has 108 valence electrons. The number of hydrogen-bond acceptors (Lipinski definition) is 2. The van der Waals surface area contributed by atoms with Gasteiger partial charge in [-0.2, -0.15) is 0 Å². The van der Waals surface area contributed by atoms with Crippen LogP contribution in [0.2, 0.25) is 0 Å². The molecule has 1 aliphatic rings. The average molecular weight is 271 g/mol. The molecule has 0 radical (unpaired) electrons. The second-order valence-electron chi connectivity index (χ2n) is 6.24. The molecule has 0 spiro atoms. The van der Waals surface area contributed by atoms with E-state index in [1.54, 1.807) is 0 Å². The van der Waals surface area contributed by atoms with Crippen LogP contribution in [-0.2, 0) is 0 Å². The normalized spacial score (nSPS) is 24.9. The van der Waals surface area contributed by atoms with Crippen LogP contribution in [0.1, 0.15) is 51.1 Å². The van der Waals surface area contributed by atoms with Gasteiger partial charge in [0.1, 0.15) is 5.58 Å². The van der Waals surface area contributed by atoms with Gasteiger partial charge < -0.3 is 9.73 Å². The molecule has 1 aliphatic carbocycles. The van der Waals surface area contributed by atoms with Crippen LogP contribution in [0.3, 0.4) is 0 Å². The Kier molecular flexibility index (Phi) is 4.11. The van der Waals surface area contributed by atoms with Crippen molar-refractivity contribution < 1.29 is 4.42 Å². The van der Waals surface area contributed by atoms with E-state index in [0.29, 0.717) is 6.04 Å². The summed E-state index contributed by atoms with van der Waals surface area (Å²) in [5, 5.41) is 4.98. The Bertz CT molecular complexity index is 551. The second-order valence-corrected chi connectivity index (χ2v) is 6.24. The Morgan fingerprint density at radius 3 is 2.70 bits per heavy atom. The molecular weight excluding hydrogens is 246 g/mol. The molecule has 1 fully saturated rings. The summed E-state index contributed by atoms with van der Waals surface area (Å²) in [5.41, 5.74) is 2.36. The third kappa shape index (κ3) is 2.62. The summed E-state index contributed by atoms with van der Waals surface area (Å²) >= 11 is 0. The largest absolute Gasteiger partial charge is 0.464 e. The van der Waals surface area contributed by atoms with Crippen molar-refractivity contribution in [2.24, 2.45) is 11.8 Å². The SMILES string of the molecule is CCNC(c1coc2ccccc12)C1CCC(C)CC1. The van der Waals surface area contributed by atoms with Crippen molar-refractivity contribution in [2.45, 2.75) is 45.6 Å². The van der Waals surface area contributed by atoms with Gasteiger partial charge in [0.05, 0.1) is 6.26 Å². The monoisotopic (exact) mass is 271 g/mol. The Labute approximate surface area is 121 Å². The van der Waals surface area contributed by atoms with Gasteiger partial charge in [-0.15, -0.1) is 0 Å². The van der Waals surface area contributed by atoms with Crippen LogP contribution in [0, 0.1) is 11.8 Å². The third-order valence-electron chi connectivity index (χ3n) is 4.80. The highest BCUT2D eigenvalue weighted by atomic mass is 16.3. The van der Waals surface area contributed by atoms with Crippen molar-refractivity contribution in [2.75, 3.05) is 6.54 Å². The molecule has 1 unspecified atom stereocenters. The molecule has 2 aromatic rings. The molecule has 1 aromatic heterocycles. The Hall–Kier alpha value is -1.28. The highest BCUT2D eigenvalue weighted by Crippen LogP contribution is 2.39. The number of fused-ring (bicyclic) bond motifs is 1. The summed E-state index contributed by atoms with van der Waals surface area (Å²) in [6.45, 7) is 5.59. The van der Waals surface area contributed by atoms with Gasteiger partial charge in [0.2, 0.25) is 0 Å². The standard InChI is InChI=1S/C18H25NO/c1-3-19-18(14-10-8-13(2)9-11-14)16-12-20-17-7-5-4-6-15(16)17/h4-7,12-14,18-19H,3,8-11H2,1-2H3. The van der Waals surface area contributed by atoms with Gasteiger partial charge in [-0.1, -0.05) is 44.9 Å². The van der Waals surface area contributed by atoms with Gasteiger partial charge in [-0.25, -0.2) is 0 Å². The molecule has 1 atom stereocenters. The zero-order chi connectivity index (χ0) is 13.9. The molecule has 0 amide bonds. The summed E-state index contributed by atoms with van der Waals surface area (Å²) in [6.07, 6.45) is 7.36. The molecular formula is C18H25NO. The topological polar surface area (TPSA) is 25.2 Å². The first-order chi connectivity index (χ1) is 9.79. The lowest BCUT2D eigenvalue weighted by Gasteiger charge is -2.33. The highest BCUT2D eigenvalue weighted by molar-refractivity contribution is 5.81. The first-order valence-electron chi connectivity index (χ1n) is 7.99. The molecule has 1 aromatic carbocycles. The molecule has 20 heavy (non-hydrogen) atoms. The van der Waals surface area contributed by atoms with Crippen LogP contribution < -0.4 is 5.32 Å². The minimum absolute atomic E-state index is 0.441. The fourth-order valence-corrected chi connectivity index (χ4v) is 3.61. The molecule has 0 aliphatic heterocycles. The van der Waals surface area contributed by atoms with E-state index in [1.165, 1.54) is 36.6 Å². The van der Waals surface area contributed by atoms with E-state index in [4.69, 9.17) is 4.42 Å². The lowest BCUT2D eigenvalue weighted by Crippen LogP contribution is -2.30. The van der Waals surface area contributed by atoms with Crippen molar-refractivity contribution in [1.29, 1.82) is 0 Å². The van der Waals surface area contributed by atoms with Crippen molar-refractivity contribution in [3.63, 3.8) is 0 Å². The first kappa shape index (κ1) is 13.7. The van der Waals surface area contributed by atoms with Crippen LogP contribution in [0.5, 0.6) is 0 Å². The number of furan rings is 1. The van der Waals surface area contributed by atoms with Gasteiger partial charge in [-0.05, 0) is 37.3 Å². The molecule has 3 rings (SSSR count). The summed E-state index contributed by atoms with van der Waals surface area (Å²) in [6, 6.07) is 8.83. The molecule has 0 saturated heterocycles. The number of hydrogen-bond donors (Lipinski definition) is 1. The number of benzene rings is 1. The smallest absolute Gasteiger partial charge is 0.134 e. The van der Waals surface area contributed by atoms with Crippen molar-refractivity contribution in [3.05, 3.63) is 36.1 Å². The molecule has 2 nitrogen and oxygen atoms in total. The van der Waals surface area contributed by atoms with Crippen molar-refractivity contribution in [3.8, 4) is 0 Å². The Morgan fingerprint density at radius 1 is 1.20 bits per heavy atom. The van der Waals surface area contributed by atoms with Gasteiger partial charge in [0.25, 0.3) is 0 Å². The summed E-state index contributed by atoms with van der Waals surface area (Å²) in [5.74, 6) is 1.64. The maximum Gasteiger partial charge on any atom is 0.134 e. The van der Waals surface area contributed by atoms with E-state index in [2.05, 4.69) is 37.4 Å². The van der Waals surface area contributed by atoms with Gasteiger partial charge in [0, 0.05) is 17.0 Å². The van der Waals surface area contributed by atoms with E-state index in [1.807, 2.05) is 12.3 Å². The van der Waals surface area contributed by atoms with Crippen molar-refractivity contribution in [1.82, 2.24) is 5.32 Å². The first-order valence-corrected chi connectivity index (χ1v) is 7.99. The van der Waals surface area contributed by atoms with E-state index >= 15 is 0 Å². The highest BCUT2D eigenvalue weighted by Gasteiger charge is 2.28. The minimum atomic E-state index is 0.441. The second kappa shape index (κ2) is 6.01. The zero-order valence-corrected chi connectivity index (χ0v) is 12.6.